The minimum absolute atomic E-state index is 0.0131. The molecule has 2 nitrogen and oxygen atoms in total. The highest BCUT2D eigenvalue weighted by Crippen LogP contribution is 2.18. The van der Waals surface area contributed by atoms with Gasteiger partial charge >= 0.3 is 0 Å². The molecule has 72 valence electrons. The predicted molar refractivity (Wildman–Crippen MR) is 54.6 cm³/mol. The van der Waals surface area contributed by atoms with Crippen LogP contribution in [0.4, 0.5) is 0 Å². The van der Waals surface area contributed by atoms with Gasteiger partial charge in [0.2, 0.25) is 0 Å². The summed E-state index contributed by atoms with van der Waals surface area (Å²) < 4.78 is 0. The predicted octanol–water partition coefficient (Wildman–Crippen LogP) is 2.68. The molecule has 0 bridgehead atoms. The minimum atomic E-state index is 0.0131. The molecule has 0 N–H and O–H groups in total. The summed E-state index contributed by atoms with van der Waals surface area (Å²) in [7, 11) is 0. The minimum Gasteiger partial charge on any atom is -0.283 e. The zero-order valence-electron chi connectivity index (χ0n) is 7.34. The van der Waals surface area contributed by atoms with Crippen LogP contribution in [0.15, 0.2) is 10.6 Å². The van der Waals surface area contributed by atoms with Gasteiger partial charge in [-0.05, 0) is 25.8 Å². The third kappa shape index (κ3) is 3.19. The first-order valence-electron chi connectivity index (χ1n) is 4.36. The Bertz CT molecular complexity index is 232. The summed E-state index contributed by atoms with van der Waals surface area (Å²) in [6, 6.07) is 2.29. The fourth-order valence-corrected chi connectivity index (χ4v) is 1.78. The van der Waals surface area contributed by atoms with Crippen LogP contribution in [0.1, 0.15) is 19.3 Å². The topological polar surface area (TPSA) is 27.0 Å². The number of hydrogen-bond donors (Lipinski definition) is 0. The maximum absolute atomic E-state index is 8.86. The van der Waals surface area contributed by atoms with Crippen LogP contribution >= 0.6 is 23.2 Å². The van der Waals surface area contributed by atoms with E-state index in [1.165, 1.54) is 5.54 Å². The molecule has 1 saturated heterocycles. The summed E-state index contributed by atoms with van der Waals surface area (Å²) in [6.07, 6.45) is 3.23. The number of piperidine rings is 1. The second kappa shape index (κ2) is 5.49. The van der Waals surface area contributed by atoms with E-state index in [-0.39, 0.29) is 6.04 Å². The number of nitriles is 1. The lowest BCUT2D eigenvalue weighted by Gasteiger charge is -2.30. The van der Waals surface area contributed by atoms with E-state index in [1.54, 1.807) is 0 Å². The van der Waals surface area contributed by atoms with Crippen LogP contribution in [0.3, 0.4) is 0 Å². The van der Waals surface area contributed by atoms with E-state index in [2.05, 4.69) is 11.0 Å². The molecule has 1 fully saturated rings. The number of rotatable bonds is 2. The van der Waals surface area contributed by atoms with E-state index in [0.717, 1.165) is 25.8 Å². The third-order valence-electron chi connectivity index (χ3n) is 2.24. The lowest BCUT2D eigenvalue weighted by molar-refractivity contribution is 0.203. The van der Waals surface area contributed by atoms with Crippen molar-refractivity contribution in [1.29, 1.82) is 5.26 Å². The van der Waals surface area contributed by atoms with Crippen molar-refractivity contribution >= 4 is 23.2 Å². The highest BCUT2D eigenvalue weighted by atomic mass is 35.5. The average molecular weight is 219 g/mol. The zero-order chi connectivity index (χ0) is 9.68. The molecular formula is C9H12Cl2N2. The molecular weight excluding hydrogens is 207 g/mol. The molecule has 0 aromatic carbocycles. The van der Waals surface area contributed by atoms with Crippen LogP contribution in [0.2, 0.25) is 0 Å². The fourth-order valence-electron chi connectivity index (χ4n) is 1.55. The van der Waals surface area contributed by atoms with Crippen molar-refractivity contribution in [3.05, 3.63) is 10.6 Å². The zero-order valence-corrected chi connectivity index (χ0v) is 8.85. The summed E-state index contributed by atoms with van der Waals surface area (Å²) in [6.45, 7) is 1.54. The second-order valence-electron chi connectivity index (χ2n) is 3.17. The lowest BCUT2D eigenvalue weighted by atomic mass is 10.0. The maximum Gasteiger partial charge on any atom is 0.0981 e. The molecule has 1 atom stereocenters. The van der Waals surface area contributed by atoms with E-state index in [0.29, 0.717) is 11.6 Å². The second-order valence-corrected chi connectivity index (χ2v) is 3.87. The molecule has 0 radical (unpaired) electrons. The van der Waals surface area contributed by atoms with Crippen molar-refractivity contribution < 1.29 is 0 Å². The van der Waals surface area contributed by atoms with Gasteiger partial charge in [0, 0.05) is 17.1 Å². The summed E-state index contributed by atoms with van der Waals surface area (Å²) in [5, 5.41) is 9.46. The van der Waals surface area contributed by atoms with Gasteiger partial charge in [0.15, 0.2) is 0 Å². The normalized spacial score (nSPS) is 25.6. The van der Waals surface area contributed by atoms with Gasteiger partial charge in [-0.2, -0.15) is 5.26 Å². The number of hydrogen-bond acceptors (Lipinski definition) is 2. The van der Waals surface area contributed by atoms with Crippen LogP contribution in [0.5, 0.6) is 0 Å². The van der Waals surface area contributed by atoms with E-state index in [1.807, 2.05) is 0 Å². The van der Waals surface area contributed by atoms with Gasteiger partial charge in [0.1, 0.15) is 0 Å². The van der Waals surface area contributed by atoms with Crippen LogP contribution < -0.4 is 0 Å². The van der Waals surface area contributed by atoms with Gasteiger partial charge < -0.3 is 0 Å². The van der Waals surface area contributed by atoms with E-state index in [9.17, 15) is 0 Å². The standard InChI is InChI=1S/C9H12Cl2N2/c10-5-8(11)7-13-4-2-1-3-9(13)6-12/h5,9H,1-4,7H2. The molecule has 0 aliphatic carbocycles. The Morgan fingerprint density at radius 3 is 3.00 bits per heavy atom. The Balaban J connectivity index is 2.51. The van der Waals surface area contributed by atoms with Crippen LogP contribution in [0, 0.1) is 11.3 Å². The molecule has 1 rings (SSSR count). The molecule has 0 aromatic rings. The van der Waals surface area contributed by atoms with Crippen molar-refractivity contribution in [2.24, 2.45) is 0 Å². The molecule has 1 unspecified atom stereocenters. The van der Waals surface area contributed by atoms with Gasteiger partial charge in [0.05, 0.1) is 12.1 Å². The summed E-state index contributed by atoms with van der Waals surface area (Å²) in [4.78, 5) is 2.07. The van der Waals surface area contributed by atoms with Crippen LogP contribution in [0.25, 0.3) is 0 Å². The number of halogens is 2. The Morgan fingerprint density at radius 1 is 1.62 bits per heavy atom. The van der Waals surface area contributed by atoms with Crippen molar-refractivity contribution in [1.82, 2.24) is 4.90 Å². The van der Waals surface area contributed by atoms with E-state index >= 15 is 0 Å². The van der Waals surface area contributed by atoms with Crippen molar-refractivity contribution in [2.45, 2.75) is 25.3 Å². The SMILES string of the molecule is N#CC1CCCCN1CC(Cl)=CCl. The summed E-state index contributed by atoms with van der Waals surface area (Å²) in [5.41, 5.74) is 1.37. The molecule has 0 amide bonds. The first-order chi connectivity index (χ1) is 6.27. The smallest absolute Gasteiger partial charge is 0.0981 e. The average Bonchev–Trinajstić information content (AvgIpc) is 2.18. The van der Waals surface area contributed by atoms with Gasteiger partial charge in [-0.3, -0.25) is 4.90 Å². The molecule has 1 heterocycles. The first-order valence-corrected chi connectivity index (χ1v) is 5.18. The Morgan fingerprint density at radius 2 is 2.38 bits per heavy atom. The largest absolute Gasteiger partial charge is 0.283 e. The van der Waals surface area contributed by atoms with E-state index in [4.69, 9.17) is 28.5 Å². The highest BCUT2D eigenvalue weighted by molar-refractivity contribution is 6.36. The Kier molecular flexibility index (Phi) is 4.58. The highest BCUT2D eigenvalue weighted by Gasteiger charge is 2.21. The van der Waals surface area contributed by atoms with Gasteiger partial charge in [-0.25, -0.2) is 0 Å². The molecule has 0 saturated carbocycles. The van der Waals surface area contributed by atoms with Crippen LogP contribution in [-0.2, 0) is 0 Å². The van der Waals surface area contributed by atoms with Gasteiger partial charge in [-0.15, -0.1) is 0 Å². The monoisotopic (exact) mass is 218 g/mol. The summed E-state index contributed by atoms with van der Waals surface area (Å²) >= 11 is 11.3. The van der Waals surface area contributed by atoms with Crippen molar-refractivity contribution in [2.75, 3.05) is 13.1 Å². The maximum atomic E-state index is 8.86. The van der Waals surface area contributed by atoms with E-state index < -0.39 is 0 Å². The molecule has 1 aliphatic rings. The molecule has 0 aromatic heterocycles. The summed E-state index contributed by atoms with van der Waals surface area (Å²) in [5.74, 6) is 0. The fraction of sp³-hybridized carbons (Fsp3) is 0.667. The van der Waals surface area contributed by atoms with Crippen LogP contribution in [-0.4, -0.2) is 24.0 Å². The van der Waals surface area contributed by atoms with Crippen molar-refractivity contribution in [3.63, 3.8) is 0 Å². The number of likely N-dealkylation sites (tertiary alicyclic amines) is 1. The third-order valence-corrected chi connectivity index (χ3v) is 2.84. The Hall–Kier alpha value is -0.230. The van der Waals surface area contributed by atoms with Crippen molar-refractivity contribution in [3.8, 4) is 6.07 Å². The lowest BCUT2D eigenvalue weighted by Crippen LogP contribution is -2.39. The molecule has 1 aliphatic heterocycles. The van der Waals surface area contributed by atoms with Gasteiger partial charge in [-0.1, -0.05) is 23.2 Å². The number of nitrogens with zero attached hydrogens (tertiary/aromatic N) is 2. The quantitative estimate of drug-likeness (QED) is 0.713. The molecule has 13 heavy (non-hydrogen) atoms. The van der Waals surface area contributed by atoms with Gasteiger partial charge in [0.25, 0.3) is 0 Å². The Labute approximate surface area is 88.7 Å². The molecule has 4 heteroatoms. The molecule has 0 spiro atoms. The first kappa shape index (κ1) is 10.8.